The van der Waals surface area contributed by atoms with E-state index >= 15 is 0 Å². The van der Waals surface area contributed by atoms with E-state index in [2.05, 4.69) is 25.1 Å². The highest BCUT2D eigenvalue weighted by Gasteiger charge is 2.31. The number of aliphatic hydroxyl groups excluding tert-OH is 1. The molecule has 0 fully saturated rings. The number of carbonyl (C=O) groups is 1. The molecule has 4 atom stereocenters. The van der Waals surface area contributed by atoms with Gasteiger partial charge in [0.2, 0.25) is 5.91 Å². The van der Waals surface area contributed by atoms with Crippen molar-refractivity contribution in [3.05, 3.63) is 23.8 Å². The average Bonchev–Trinajstić information content (AvgIpc) is 2.83. The normalized spacial score (nSPS) is 15.1. The molecule has 0 radical (unpaired) electrons. The van der Waals surface area contributed by atoms with Gasteiger partial charge >= 0.3 is 0 Å². The molecule has 1 aromatic rings. The number of ether oxygens (including phenoxy) is 3. The van der Waals surface area contributed by atoms with Crippen LogP contribution >= 0.6 is 0 Å². The first-order valence-corrected chi connectivity index (χ1v) is 13.4. The second-order valence-electron chi connectivity index (χ2n) is 11.2. The van der Waals surface area contributed by atoms with Gasteiger partial charge in [-0.3, -0.25) is 4.79 Å². The zero-order valence-electron chi connectivity index (χ0n) is 24.2. The largest absolute Gasteiger partial charge is 0.493 e. The monoisotopic (exact) mass is 518 g/mol. The lowest BCUT2D eigenvalue weighted by molar-refractivity contribution is -0.128. The lowest BCUT2D eigenvalue weighted by Gasteiger charge is -2.31. The zero-order chi connectivity index (χ0) is 28.2. The molecule has 0 saturated heterocycles. The molecule has 0 spiro atoms. The van der Waals surface area contributed by atoms with Crippen molar-refractivity contribution in [2.75, 3.05) is 27.4 Å². The van der Waals surface area contributed by atoms with Crippen LogP contribution in [-0.2, 0) is 16.0 Å². The molecule has 0 aliphatic carbocycles. The second kappa shape index (κ2) is 15.9. The molecule has 4 N–H and O–H groups in total. The molecule has 0 saturated carbocycles. The summed E-state index contributed by atoms with van der Waals surface area (Å²) in [4.78, 5) is 12.9. The van der Waals surface area contributed by atoms with Crippen molar-refractivity contribution in [3.63, 3.8) is 0 Å². The van der Waals surface area contributed by atoms with E-state index in [9.17, 15) is 9.90 Å². The van der Waals surface area contributed by atoms with E-state index in [0.717, 1.165) is 18.4 Å². The quantitative estimate of drug-likeness (QED) is 0.211. The molecule has 210 valence electrons. The van der Waals surface area contributed by atoms with Crippen LogP contribution in [0.3, 0.4) is 0 Å². The van der Waals surface area contributed by atoms with Crippen LogP contribution in [0, 0.1) is 36.0 Å². The molecule has 0 heterocycles. The molecule has 0 aromatic heterocycles. The number of methoxy groups -OCH3 is 2. The molecule has 0 aliphatic rings. The third-order valence-electron chi connectivity index (χ3n) is 6.92. The summed E-state index contributed by atoms with van der Waals surface area (Å²) in [6, 6.07) is 5.54. The highest BCUT2D eigenvalue weighted by Crippen LogP contribution is 2.32. The molecule has 7 heteroatoms. The fourth-order valence-corrected chi connectivity index (χ4v) is 4.30. The van der Waals surface area contributed by atoms with Gasteiger partial charge in [-0.1, -0.05) is 39.7 Å². The fraction of sp³-hybridized carbons (Fsp3) is 0.700. The molecule has 0 aliphatic heterocycles. The smallest absolute Gasteiger partial charge is 0.224 e. The van der Waals surface area contributed by atoms with Gasteiger partial charge < -0.3 is 30.4 Å². The minimum atomic E-state index is -0.802. The van der Waals surface area contributed by atoms with Crippen molar-refractivity contribution in [2.45, 2.75) is 84.9 Å². The van der Waals surface area contributed by atoms with Crippen LogP contribution in [0.2, 0.25) is 0 Å². The molecular weight excluding hydrogens is 468 g/mol. The zero-order valence-corrected chi connectivity index (χ0v) is 24.2. The minimum absolute atomic E-state index is 0.0397. The number of benzene rings is 1. The van der Waals surface area contributed by atoms with Gasteiger partial charge in [0.1, 0.15) is 0 Å². The number of rotatable bonds is 17. The van der Waals surface area contributed by atoms with E-state index in [1.54, 1.807) is 28.1 Å². The molecule has 1 rings (SSSR count). The number of hydrogen-bond donors (Lipinski definition) is 3. The minimum Gasteiger partial charge on any atom is -0.493 e. The second-order valence-corrected chi connectivity index (χ2v) is 11.2. The Morgan fingerprint density at radius 2 is 1.78 bits per heavy atom. The molecule has 1 aromatic carbocycles. The van der Waals surface area contributed by atoms with Crippen molar-refractivity contribution in [1.82, 2.24) is 5.32 Å². The van der Waals surface area contributed by atoms with E-state index in [-0.39, 0.29) is 30.1 Å². The summed E-state index contributed by atoms with van der Waals surface area (Å²) in [6.45, 7) is 13.0. The summed E-state index contributed by atoms with van der Waals surface area (Å²) in [5.41, 5.74) is 6.89. The lowest BCUT2D eigenvalue weighted by Crippen LogP contribution is -2.48. The van der Waals surface area contributed by atoms with Gasteiger partial charge in [-0.05, 0) is 68.6 Å². The average molecular weight is 519 g/mol. The van der Waals surface area contributed by atoms with Crippen LogP contribution in [0.5, 0.6) is 11.5 Å². The van der Waals surface area contributed by atoms with Crippen LogP contribution < -0.4 is 20.5 Å². The van der Waals surface area contributed by atoms with Crippen molar-refractivity contribution in [3.8, 4) is 23.8 Å². The summed E-state index contributed by atoms with van der Waals surface area (Å²) < 4.78 is 16.5. The van der Waals surface area contributed by atoms with Crippen molar-refractivity contribution in [1.29, 1.82) is 0 Å². The van der Waals surface area contributed by atoms with Gasteiger partial charge in [0.05, 0.1) is 25.4 Å². The van der Waals surface area contributed by atoms with E-state index in [0.29, 0.717) is 37.1 Å². The Labute approximate surface area is 224 Å². The van der Waals surface area contributed by atoms with Crippen molar-refractivity contribution >= 4 is 5.91 Å². The first kappa shape index (κ1) is 32.8. The van der Waals surface area contributed by atoms with Crippen LogP contribution in [0.15, 0.2) is 18.2 Å². The highest BCUT2D eigenvalue weighted by molar-refractivity contribution is 5.80. The van der Waals surface area contributed by atoms with E-state index in [4.69, 9.17) is 26.4 Å². The number of carbonyl (C=O) groups excluding carboxylic acids is 1. The lowest BCUT2D eigenvalue weighted by atomic mass is 9.80. The summed E-state index contributed by atoms with van der Waals surface area (Å²) >= 11 is 0. The van der Waals surface area contributed by atoms with Crippen molar-refractivity contribution < 1.29 is 24.1 Å². The van der Waals surface area contributed by atoms with Crippen LogP contribution in [0.1, 0.15) is 66.4 Å². The number of aliphatic hydroxyl groups is 1. The molecule has 4 unspecified atom stereocenters. The number of nitrogens with two attached hydrogens (primary N) is 1. The van der Waals surface area contributed by atoms with Gasteiger partial charge in [-0.2, -0.15) is 0 Å². The molecule has 37 heavy (non-hydrogen) atoms. The van der Waals surface area contributed by atoms with E-state index < -0.39 is 17.7 Å². The summed E-state index contributed by atoms with van der Waals surface area (Å²) in [5, 5.41) is 13.9. The summed E-state index contributed by atoms with van der Waals surface area (Å²) in [7, 11) is 3.30. The predicted octanol–water partition coefficient (Wildman–Crippen LogP) is 4.19. The van der Waals surface area contributed by atoms with Gasteiger partial charge in [-0.15, -0.1) is 6.42 Å². The van der Waals surface area contributed by atoms with Gasteiger partial charge in [0, 0.05) is 32.1 Å². The third-order valence-corrected chi connectivity index (χ3v) is 6.92. The first-order valence-electron chi connectivity index (χ1n) is 13.4. The van der Waals surface area contributed by atoms with Crippen LogP contribution in [0.4, 0.5) is 0 Å². The van der Waals surface area contributed by atoms with E-state index in [1.165, 1.54) is 0 Å². The topological polar surface area (TPSA) is 103 Å². The predicted molar refractivity (Wildman–Crippen MR) is 150 cm³/mol. The van der Waals surface area contributed by atoms with Crippen LogP contribution in [0.25, 0.3) is 0 Å². The number of hydrogen-bond acceptors (Lipinski definition) is 6. The molecule has 1 amide bonds. The van der Waals surface area contributed by atoms with Gasteiger partial charge in [0.15, 0.2) is 11.5 Å². The summed E-state index contributed by atoms with van der Waals surface area (Å²) in [5.74, 6) is 4.10. The Bertz CT molecular complexity index is 862. The number of nitrogens with one attached hydrogen (secondary N) is 1. The maximum atomic E-state index is 12.9. The Morgan fingerprint density at radius 3 is 2.32 bits per heavy atom. The molecule has 7 nitrogen and oxygen atoms in total. The first-order chi connectivity index (χ1) is 17.3. The summed E-state index contributed by atoms with van der Waals surface area (Å²) in [6.07, 6.45) is 7.24. The van der Waals surface area contributed by atoms with Gasteiger partial charge in [-0.25, -0.2) is 0 Å². The maximum absolute atomic E-state index is 12.9. The standard InChI is InChI=1S/C30H50N2O5/c1-10-30(6,7)32-29(34)24(21(4)5)19-26(33)25(31)18-23(20(2)3)16-22-12-13-27(36-9)28(17-22)37-15-11-14-35-8/h1,12-13,17,20-21,23-26,33H,11,14-16,18-19,31H2,2-9H3,(H,32,34). The highest BCUT2D eigenvalue weighted by atomic mass is 16.5. The van der Waals surface area contributed by atoms with E-state index in [1.807, 2.05) is 32.0 Å². The number of amides is 1. The number of terminal acetylenes is 1. The Morgan fingerprint density at radius 1 is 1.11 bits per heavy atom. The fourth-order valence-electron chi connectivity index (χ4n) is 4.30. The van der Waals surface area contributed by atoms with Gasteiger partial charge in [0.25, 0.3) is 0 Å². The SMILES string of the molecule is C#CC(C)(C)NC(=O)C(CC(O)C(N)CC(Cc1ccc(OC)c(OCCCOC)c1)C(C)C)C(C)C. The van der Waals surface area contributed by atoms with Crippen molar-refractivity contribution in [2.24, 2.45) is 29.4 Å². The van der Waals surface area contributed by atoms with Crippen LogP contribution in [-0.4, -0.2) is 56.1 Å². The third kappa shape index (κ3) is 11.3. The molecular formula is C30H50N2O5. The Balaban J connectivity index is 2.90. The maximum Gasteiger partial charge on any atom is 0.224 e. The Hall–Kier alpha value is -2.27. The molecule has 0 bridgehead atoms. The Kier molecular flexibility index (Phi) is 14.0.